The van der Waals surface area contributed by atoms with E-state index in [1.165, 1.54) is 0 Å². The van der Waals surface area contributed by atoms with Crippen molar-refractivity contribution >= 4 is 16.9 Å². The van der Waals surface area contributed by atoms with Gasteiger partial charge in [-0.25, -0.2) is 4.98 Å². The van der Waals surface area contributed by atoms with Crippen molar-refractivity contribution in [2.24, 2.45) is 5.92 Å². The lowest BCUT2D eigenvalue weighted by Gasteiger charge is -2.17. The Balaban J connectivity index is 1.86. The highest BCUT2D eigenvalue weighted by Crippen LogP contribution is 2.22. The van der Waals surface area contributed by atoms with Crippen LogP contribution in [0.4, 0.5) is 0 Å². The number of aromatic nitrogens is 3. The van der Waals surface area contributed by atoms with Gasteiger partial charge in [0.05, 0.1) is 22.8 Å². The van der Waals surface area contributed by atoms with E-state index in [4.69, 9.17) is 4.52 Å². The summed E-state index contributed by atoms with van der Waals surface area (Å²) in [4.78, 5) is 20.2. The fourth-order valence-corrected chi connectivity index (χ4v) is 2.55. The summed E-state index contributed by atoms with van der Waals surface area (Å²) >= 11 is 0. The molecular weight excluding hydrogens is 292 g/mol. The van der Waals surface area contributed by atoms with Gasteiger partial charge in [0, 0.05) is 6.07 Å². The van der Waals surface area contributed by atoms with E-state index < -0.39 is 0 Å². The van der Waals surface area contributed by atoms with Crippen molar-refractivity contribution in [3.63, 3.8) is 0 Å². The normalized spacial score (nSPS) is 12.7. The highest BCUT2D eigenvalue weighted by Gasteiger charge is 2.22. The van der Waals surface area contributed by atoms with Gasteiger partial charge in [-0.3, -0.25) is 4.79 Å². The second kappa shape index (κ2) is 6.24. The van der Waals surface area contributed by atoms with Crippen LogP contribution in [-0.4, -0.2) is 21.0 Å². The first-order valence-corrected chi connectivity index (χ1v) is 7.71. The van der Waals surface area contributed by atoms with E-state index in [1.807, 2.05) is 24.3 Å². The second-order valence-electron chi connectivity index (χ2n) is 6.13. The molecule has 1 aromatic carbocycles. The lowest BCUT2D eigenvalue weighted by Crippen LogP contribution is -2.30. The van der Waals surface area contributed by atoms with Crippen LogP contribution in [0.25, 0.3) is 11.0 Å². The summed E-state index contributed by atoms with van der Waals surface area (Å²) in [5.41, 5.74) is 2.53. The Morgan fingerprint density at radius 2 is 2.13 bits per heavy atom. The maximum atomic E-state index is 12.4. The van der Waals surface area contributed by atoms with Gasteiger partial charge in [-0.2, -0.15) is 0 Å². The summed E-state index contributed by atoms with van der Waals surface area (Å²) in [6.45, 7) is 6.01. The monoisotopic (exact) mass is 312 g/mol. The Kier molecular flexibility index (Phi) is 4.14. The average molecular weight is 312 g/mol. The lowest BCUT2D eigenvalue weighted by atomic mass is 10.0. The van der Waals surface area contributed by atoms with Crippen molar-refractivity contribution < 1.29 is 9.32 Å². The molecule has 0 aliphatic carbocycles. The maximum Gasteiger partial charge on any atom is 0.290 e. The molecule has 23 heavy (non-hydrogen) atoms. The maximum absolute atomic E-state index is 12.4. The number of benzene rings is 1. The van der Waals surface area contributed by atoms with E-state index in [0.29, 0.717) is 11.6 Å². The van der Waals surface area contributed by atoms with E-state index >= 15 is 0 Å². The third kappa shape index (κ3) is 3.41. The van der Waals surface area contributed by atoms with E-state index in [0.717, 1.165) is 23.3 Å². The van der Waals surface area contributed by atoms with Crippen molar-refractivity contribution in [2.45, 2.75) is 33.2 Å². The minimum Gasteiger partial charge on any atom is -0.351 e. The molecule has 1 atom stereocenters. The Morgan fingerprint density at radius 1 is 1.35 bits per heavy atom. The minimum absolute atomic E-state index is 0.208. The number of hydrogen-bond acceptors (Lipinski definition) is 4. The smallest absolute Gasteiger partial charge is 0.290 e. The highest BCUT2D eigenvalue weighted by molar-refractivity contribution is 5.91. The first-order chi connectivity index (χ1) is 11.0. The van der Waals surface area contributed by atoms with E-state index in [-0.39, 0.29) is 17.7 Å². The molecule has 3 aromatic rings. The average Bonchev–Trinajstić information content (AvgIpc) is 3.11. The molecule has 0 fully saturated rings. The number of aromatic amines is 1. The molecule has 6 heteroatoms. The van der Waals surface area contributed by atoms with Gasteiger partial charge in [0.25, 0.3) is 5.91 Å². The van der Waals surface area contributed by atoms with Gasteiger partial charge in [0.2, 0.25) is 5.76 Å². The van der Waals surface area contributed by atoms with Crippen molar-refractivity contribution in [1.82, 2.24) is 20.4 Å². The molecule has 2 heterocycles. The fraction of sp³-hybridized carbons (Fsp3) is 0.353. The second-order valence-corrected chi connectivity index (χ2v) is 6.13. The predicted octanol–water partition coefficient (Wildman–Crippen LogP) is 3.38. The first-order valence-electron chi connectivity index (χ1n) is 7.71. The predicted molar refractivity (Wildman–Crippen MR) is 87.0 cm³/mol. The SMILES string of the molecule is Cc1cc(C(=O)NC(CC(C)C)c2nc3ccccc3[nH]2)on1. The molecular formula is C17H20N4O2. The molecule has 1 unspecified atom stereocenters. The van der Waals surface area contributed by atoms with Crippen LogP contribution in [-0.2, 0) is 0 Å². The number of H-pyrrole nitrogens is 1. The summed E-state index contributed by atoms with van der Waals surface area (Å²) in [7, 11) is 0. The Bertz CT molecular complexity index is 786. The molecule has 120 valence electrons. The summed E-state index contributed by atoms with van der Waals surface area (Å²) in [6, 6.07) is 9.24. The van der Waals surface area contributed by atoms with Crippen LogP contribution in [0.2, 0.25) is 0 Å². The zero-order chi connectivity index (χ0) is 16.4. The molecule has 0 saturated carbocycles. The zero-order valence-corrected chi connectivity index (χ0v) is 13.5. The Hall–Kier alpha value is -2.63. The van der Waals surface area contributed by atoms with Gasteiger partial charge in [-0.15, -0.1) is 0 Å². The quantitative estimate of drug-likeness (QED) is 0.756. The third-order valence-electron chi connectivity index (χ3n) is 3.60. The molecule has 2 aromatic heterocycles. The Labute approximate surface area is 134 Å². The minimum atomic E-state index is -0.281. The van der Waals surface area contributed by atoms with Crippen LogP contribution in [0.3, 0.4) is 0 Å². The molecule has 0 spiro atoms. The molecule has 0 saturated heterocycles. The van der Waals surface area contributed by atoms with Gasteiger partial charge in [-0.05, 0) is 31.4 Å². The van der Waals surface area contributed by atoms with Gasteiger partial charge >= 0.3 is 0 Å². The molecule has 6 nitrogen and oxygen atoms in total. The van der Waals surface area contributed by atoms with Crippen molar-refractivity contribution in [3.05, 3.63) is 47.6 Å². The molecule has 0 radical (unpaired) electrons. The number of aryl methyl sites for hydroxylation is 1. The van der Waals surface area contributed by atoms with Gasteiger partial charge in [0.1, 0.15) is 5.82 Å². The highest BCUT2D eigenvalue weighted by atomic mass is 16.5. The molecule has 0 bridgehead atoms. The van der Waals surface area contributed by atoms with Crippen LogP contribution in [0.1, 0.15) is 48.4 Å². The molecule has 3 rings (SSSR count). The molecule has 0 aliphatic heterocycles. The summed E-state index contributed by atoms with van der Waals surface area (Å²) in [5.74, 6) is 1.10. The van der Waals surface area contributed by atoms with Gasteiger partial charge in [-0.1, -0.05) is 31.1 Å². The fourth-order valence-electron chi connectivity index (χ4n) is 2.55. The lowest BCUT2D eigenvalue weighted by molar-refractivity contribution is 0.0892. The largest absolute Gasteiger partial charge is 0.351 e. The number of fused-ring (bicyclic) bond motifs is 1. The summed E-state index contributed by atoms with van der Waals surface area (Å²) < 4.78 is 5.03. The molecule has 1 amide bonds. The van der Waals surface area contributed by atoms with Crippen LogP contribution in [0.15, 0.2) is 34.9 Å². The van der Waals surface area contributed by atoms with Crippen molar-refractivity contribution in [1.29, 1.82) is 0 Å². The molecule has 0 aliphatic rings. The van der Waals surface area contributed by atoms with E-state index in [1.54, 1.807) is 13.0 Å². The molecule has 2 N–H and O–H groups in total. The van der Waals surface area contributed by atoms with Crippen LogP contribution in [0.5, 0.6) is 0 Å². The number of hydrogen-bond donors (Lipinski definition) is 2. The Morgan fingerprint density at radius 3 is 2.78 bits per heavy atom. The number of rotatable bonds is 5. The zero-order valence-electron chi connectivity index (χ0n) is 13.5. The standard InChI is InChI=1S/C17H20N4O2/c1-10(2)8-14(20-17(22)15-9-11(3)21-23-15)16-18-12-6-4-5-7-13(12)19-16/h4-7,9-10,14H,8H2,1-3H3,(H,18,19)(H,20,22). The summed E-state index contributed by atoms with van der Waals surface area (Å²) in [5, 5.41) is 6.74. The number of imidazole rings is 1. The number of nitrogens with one attached hydrogen (secondary N) is 2. The van der Waals surface area contributed by atoms with Crippen LogP contribution in [0, 0.1) is 12.8 Å². The number of amides is 1. The first kappa shape index (κ1) is 15.3. The third-order valence-corrected chi connectivity index (χ3v) is 3.60. The topological polar surface area (TPSA) is 83.8 Å². The number of nitrogens with zero attached hydrogens (tertiary/aromatic N) is 2. The van der Waals surface area contributed by atoms with Crippen LogP contribution >= 0.6 is 0 Å². The van der Waals surface area contributed by atoms with E-state index in [9.17, 15) is 4.79 Å². The van der Waals surface area contributed by atoms with Gasteiger partial charge < -0.3 is 14.8 Å². The van der Waals surface area contributed by atoms with E-state index in [2.05, 4.69) is 34.3 Å². The number of carbonyl (C=O) groups is 1. The summed E-state index contributed by atoms with van der Waals surface area (Å²) in [6.07, 6.45) is 0.776. The number of carbonyl (C=O) groups excluding carboxylic acids is 1. The van der Waals surface area contributed by atoms with Crippen molar-refractivity contribution in [3.8, 4) is 0 Å². The van der Waals surface area contributed by atoms with Gasteiger partial charge in [0.15, 0.2) is 0 Å². The van der Waals surface area contributed by atoms with Crippen LogP contribution < -0.4 is 5.32 Å². The van der Waals surface area contributed by atoms with Crippen molar-refractivity contribution in [2.75, 3.05) is 0 Å². The number of para-hydroxylation sites is 2.